The number of rotatable bonds is 5. The van der Waals surface area contributed by atoms with Crippen molar-refractivity contribution in [1.82, 2.24) is 0 Å². The van der Waals surface area contributed by atoms with Crippen LogP contribution >= 0.6 is 0 Å². The van der Waals surface area contributed by atoms with E-state index in [0.29, 0.717) is 0 Å². The number of hydrogen-bond donors (Lipinski definition) is 0. The van der Waals surface area contributed by atoms with E-state index >= 15 is 0 Å². The van der Waals surface area contributed by atoms with Gasteiger partial charge in [-0.05, 0) is 23.3 Å². The third-order valence-electron chi connectivity index (χ3n) is 4.09. The molecule has 0 aromatic heterocycles. The van der Waals surface area contributed by atoms with Crippen LogP contribution in [0.3, 0.4) is 0 Å². The van der Waals surface area contributed by atoms with Crippen LogP contribution in [0.15, 0.2) is 49.2 Å². The van der Waals surface area contributed by atoms with Gasteiger partial charge in [0.25, 0.3) is 0 Å². The lowest BCUT2D eigenvalue weighted by molar-refractivity contribution is -0.158. The molecule has 2 heteroatoms. The van der Waals surface area contributed by atoms with Crippen molar-refractivity contribution in [2.24, 2.45) is 0 Å². The molecule has 0 N–H and O–H groups in total. The van der Waals surface area contributed by atoms with Crippen LogP contribution in [0.5, 0.6) is 5.75 Å². The number of fused-ring (bicyclic) bond motifs is 1. The van der Waals surface area contributed by atoms with Crippen LogP contribution in [-0.2, 0) is 10.3 Å². The number of ether oxygens (including phenoxy) is 2. The first-order valence-electron chi connectivity index (χ1n) is 7.24. The molecular weight excluding hydrogens is 248 g/mol. The summed E-state index contributed by atoms with van der Waals surface area (Å²) >= 11 is 0. The molecule has 1 aliphatic rings. The van der Waals surface area contributed by atoms with E-state index < -0.39 is 0 Å². The SMILES string of the molecule is C=COc1ccc2ccccc2c1C1(CCC)CCO1. The zero-order chi connectivity index (χ0) is 14.0. The summed E-state index contributed by atoms with van der Waals surface area (Å²) in [6.45, 7) is 6.71. The van der Waals surface area contributed by atoms with Gasteiger partial charge in [-0.3, -0.25) is 0 Å². The standard InChI is InChI=1S/C18H20O2/c1-3-11-18(12-13-20-18)17-15-8-6-5-7-14(15)9-10-16(17)19-4-2/h4-10H,2-3,11-13H2,1H3. The molecule has 0 aliphatic carbocycles. The third-order valence-corrected chi connectivity index (χ3v) is 4.09. The highest BCUT2D eigenvalue weighted by Gasteiger charge is 2.42. The minimum atomic E-state index is -0.187. The van der Waals surface area contributed by atoms with E-state index in [4.69, 9.17) is 9.47 Å². The molecule has 0 bridgehead atoms. The van der Waals surface area contributed by atoms with Gasteiger partial charge in [-0.2, -0.15) is 0 Å². The van der Waals surface area contributed by atoms with Gasteiger partial charge in [-0.15, -0.1) is 0 Å². The predicted octanol–water partition coefficient (Wildman–Crippen LogP) is 4.78. The fourth-order valence-electron chi connectivity index (χ4n) is 3.18. The third kappa shape index (κ3) is 2.01. The van der Waals surface area contributed by atoms with Crippen LogP contribution in [0.2, 0.25) is 0 Å². The molecular formula is C18H20O2. The molecule has 1 atom stereocenters. The fourth-order valence-corrected chi connectivity index (χ4v) is 3.18. The lowest BCUT2D eigenvalue weighted by atomic mass is 9.79. The van der Waals surface area contributed by atoms with Gasteiger partial charge < -0.3 is 9.47 Å². The largest absolute Gasteiger partial charge is 0.465 e. The van der Waals surface area contributed by atoms with Gasteiger partial charge in [-0.25, -0.2) is 0 Å². The Bertz CT molecular complexity index is 626. The topological polar surface area (TPSA) is 18.5 Å². The van der Waals surface area contributed by atoms with Gasteiger partial charge in [0, 0.05) is 12.0 Å². The van der Waals surface area contributed by atoms with Crippen molar-refractivity contribution in [2.45, 2.75) is 31.8 Å². The van der Waals surface area contributed by atoms with Crippen LogP contribution in [0, 0.1) is 0 Å². The van der Waals surface area contributed by atoms with Gasteiger partial charge in [0.2, 0.25) is 0 Å². The maximum Gasteiger partial charge on any atom is 0.133 e. The van der Waals surface area contributed by atoms with E-state index in [1.807, 2.05) is 6.07 Å². The molecule has 1 aliphatic heterocycles. The Morgan fingerprint density at radius 3 is 2.75 bits per heavy atom. The van der Waals surface area contributed by atoms with E-state index in [-0.39, 0.29) is 5.60 Å². The monoisotopic (exact) mass is 268 g/mol. The van der Waals surface area contributed by atoms with E-state index in [1.165, 1.54) is 22.6 Å². The Hall–Kier alpha value is -1.80. The number of benzene rings is 2. The first-order valence-corrected chi connectivity index (χ1v) is 7.24. The lowest BCUT2D eigenvalue weighted by Gasteiger charge is -2.43. The molecule has 0 radical (unpaired) electrons. The molecule has 0 saturated carbocycles. The summed E-state index contributed by atoms with van der Waals surface area (Å²) in [5.41, 5.74) is 0.997. The van der Waals surface area contributed by atoms with E-state index in [0.717, 1.165) is 31.6 Å². The molecule has 104 valence electrons. The van der Waals surface area contributed by atoms with Crippen molar-refractivity contribution in [3.8, 4) is 5.75 Å². The van der Waals surface area contributed by atoms with Crippen molar-refractivity contribution in [1.29, 1.82) is 0 Å². The highest BCUT2D eigenvalue weighted by Crippen LogP contribution is 2.48. The van der Waals surface area contributed by atoms with Gasteiger partial charge in [0.15, 0.2) is 0 Å². The molecule has 2 aromatic carbocycles. The normalized spacial score (nSPS) is 21.4. The van der Waals surface area contributed by atoms with Crippen LogP contribution in [0.1, 0.15) is 31.7 Å². The van der Waals surface area contributed by atoms with Crippen molar-refractivity contribution < 1.29 is 9.47 Å². The quantitative estimate of drug-likeness (QED) is 0.727. The smallest absolute Gasteiger partial charge is 0.133 e. The average molecular weight is 268 g/mol. The molecule has 3 rings (SSSR count). The predicted molar refractivity (Wildman–Crippen MR) is 81.9 cm³/mol. The van der Waals surface area contributed by atoms with Crippen LogP contribution < -0.4 is 4.74 Å². The summed E-state index contributed by atoms with van der Waals surface area (Å²) in [6.07, 6.45) is 4.67. The van der Waals surface area contributed by atoms with Crippen molar-refractivity contribution in [2.75, 3.05) is 6.61 Å². The molecule has 0 amide bonds. The highest BCUT2D eigenvalue weighted by atomic mass is 16.5. The minimum absolute atomic E-state index is 0.187. The minimum Gasteiger partial charge on any atom is -0.465 e. The fraction of sp³-hybridized carbons (Fsp3) is 0.333. The van der Waals surface area contributed by atoms with Gasteiger partial charge in [0.1, 0.15) is 5.75 Å². The molecule has 1 fully saturated rings. The van der Waals surface area contributed by atoms with E-state index in [2.05, 4.69) is 43.8 Å². The maximum absolute atomic E-state index is 6.03. The van der Waals surface area contributed by atoms with Gasteiger partial charge >= 0.3 is 0 Å². The van der Waals surface area contributed by atoms with E-state index in [1.54, 1.807) is 0 Å². The maximum atomic E-state index is 6.03. The summed E-state index contributed by atoms with van der Waals surface area (Å²) in [7, 11) is 0. The molecule has 1 saturated heterocycles. The Balaban J connectivity index is 2.24. The zero-order valence-electron chi connectivity index (χ0n) is 11.9. The molecule has 2 aromatic rings. The first kappa shape index (κ1) is 13.2. The summed E-state index contributed by atoms with van der Waals surface area (Å²) in [5, 5.41) is 2.45. The van der Waals surface area contributed by atoms with Crippen molar-refractivity contribution in [3.05, 3.63) is 54.8 Å². The first-order chi connectivity index (χ1) is 9.80. The number of hydrogen-bond acceptors (Lipinski definition) is 2. The molecule has 20 heavy (non-hydrogen) atoms. The van der Waals surface area contributed by atoms with Gasteiger partial charge in [0.05, 0.1) is 18.5 Å². The summed E-state index contributed by atoms with van der Waals surface area (Å²) in [6, 6.07) is 12.5. The van der Waals surface area contributed by atoms with Gasteiger partial charge in [-0.1, -0.05) is 50.3 Å². The average Bonchev–Trinajstić information content (AvgIpc) is 2.44. The van der Waals surface area contributed by atoms with Crippen LogP contribution in [0.4, 0.5) is 0 Å². The Morgan fingerprint density at radius 2 is 2.10 bits per heavy atom. The Morgan fingerprint density at radius 1 is 1.30 bits per heavy atom. The van der Waals surface area contributed by atoms with Crippen molar-refractivity contribution >= 4 is 10.8 Å². The van der Waals surface area contributed by atoms with Crippen LogP contribution in [0.25, 0.3) is 10.8 Å². The lowest BCUT2D eigenvalue weighted by Crippen LogP contribution is -2.41. The summed E-state index contributed by atoms with van der Waals surface area (Å²) in [5.74, 6) is 0.867. The second-order valence-electron chi connectivity index (χ2n) is 5.29. The summed E-state index contributed by atoms with van der Waals surface area (Å²) < 4.78 is 11.7. The molecule has 1 heterocycles. The molecule has 1 unspecified atom stereocenters. The Kier molecular flexibility index (Phi) is 3.49. The second kappa shape index (κ2) is 5.29. The molecule has 0 spiro atoms. The second-order valence-corrected chi connectivity index (χ2v) is 5.29. The summed E-state index contributed by atoms with van der Waals surface area (Å²) in [4.78, 5) is 0. The van der Waals surface area contributed by atoms with E-state index in [9.17, 15) is 0 Å². The van der Waals surface area contributed by atoms with Crippen LogP contribution in [-0.4, -0.2) is 6.61 Å². The zero-order valence-corrected chi connectivity index (χ0v) is 11.9. The molecule has 2 nitrogen and oxygen atoms in total. The van der Waals surface area contributed by atoms with Crippen molar-refractivity contribution in [3.63, 3.8) is 0 Å². The highest BCUT2D eigenvalue weighted by molar-refractivity contribution is 5.88. The Labute approximate surface area is 120 Å².